The molecule has 0 amide bonds. The number of aromatic amines is 2. The van der Waals surface area contributed by atoms with Crippen molar-refractivity contribution in [2.24, 2.45) is 0 Å². The number of H-pyrrole nitrogens is 2. The van der Waals surface area contributed by atoms with Crippen molar-refractivity contribution in [3.63, 3.8) is 0 Å². The van der Waals surface area contributed by atoms with Crippen molar-refractivity contribution in [3.8, 4) is 5.75 Å². The summed E-state index contributed by atoms with van der Waals surface area (Å²) in [5.41, 5.74) is 6.35. The molecule has 234 valence electrons. The highest BCUT2D eigenvalue weighted by atomic mass is 31.2. The van der Waals surface area contributed by atoms with Gasteiger partial charge in [-0.25, -0.2) is 9.97 Å². The molecular formula is C39H39N2O4P. The first kappa shape index (κ1) is 32.6. The van der Waals surface area contributed by atoms with Gasteiger partial charge in [-0.05, 0) is 33.7 Å². The summed E-state index contributed by atoms with van der Waals surface area (Å²) in [6.07, 6.45) is 3.71. The van der Waals surface area contributed by atoms with E-state index >= 15 is 0 Å². The minimum atomic E-state index is -5.18. The molecule has 1 atom stereocenters. The predicted octanol–water partition coefficient (Wildman–Crippen LogP) is 8.15. The lowest BCUT2D eigenvalue weighted by Gasteiger charge is -2.31. The van der Waals surface area contributed by atoms with Crippen LogP contribution in [-0.4, -0.2) is 9.88 Å². The Morgan fingerprint density at radius 3 is 1.28 bits per heavy atom. The summed E-state index contributed by atoms with van der Waals surface area (Å²) < 4.78 is 18.1. The fraction of sp³-hybridized carbons (Fsp3) is 0.154. The van der Waals surface area contributed by atoms with Crippen LogP contribution in [0.15, 0.2) is 146 Å². The van der Waals surface area contributed by atoms with Gasteiger partial charge in [-0.3, -0.25) is 4.57 Å². The maximum absolute atomic E-state index is 12.5. The molecule has 0 saturated carbocycles. The van der Waals surface area contributed by atoms with Crippen LogP contribution in [0.4, 0.5) is 0 Å². The summed E-state index contributed by atoms with van der Waals surface area (Å²) in [7, 11) is -5.18. The first-order valence-electron chi connectivity index (χ1n) is 15.3. The zero-order valence-corrected chi connectivity index (χ0v) is 27.1. The second-order valence-electron chi connectivity index (χ2n) is 11.5. The molecule has 0 radical (unpaired) electrons. The summed E-state index contributed by atoms with van der Waals surface area (Å²) in [5.74, 6) is 0.719. The Morgan fingerprint density at radius 2 is 1.04 bits per heavy atom. The maximum Gasteiger partial charge on any atom is 0.317 e. The van der Waals surface area contributed by atoms with Crippen LogP contribution in [0, 0.1) is 6.92 Å². The third-order valence-electron chi connectivity index (χ3n) is 7.88. The predicted molar refractivity (Wildman–Crippen MR) is 181 cm³/mol. The number of imidazole rings is 1. The highest BCUT2D eigenvalue weighted by molar-refractivity contribution is 7.45. The van der Waals surface area contributed by atoms with Crippen molar-refractivity contribution in [1.29, 1.82) is 0 Å². The van der Waals surface area contributed by atoms with E-state index in [4.69, 9.17) is 4.52 Å². The number of aryl methyl sites for hydroxylation is 1. The fourth-order valence-corrected chi connectivity index (χ4v) is 6.18. The molecule has 1 heterocycles. The highest BCUT2D eigenvalue weighted by Gasteiger charge is 2.30. The number of nitrogens with one attached hydrogen (secondary N) is 2. The summed E-state index contributed by atoms with van der Waals surface area (Å²) >= 11 is 0. The number of aromatic nitrogens is 2. The van der Waals surface area contributed by atoms with E-state index < -0.39 is 7.82 Å². The van der Waals surface area contributed by atoms with Gasteiger partial charge in [0.2, 0.25) is 5.82 Å². The normalized spacial score (nSPS) is 12.4. The lowest BCUT2D eigenvalue weighted by atomic mass is 9.78. The molecule has 7 heteroatoms. The number of hydrogen-bond acceptors (Lipinski definition) is 3. The Kier molecular flexibility index (Phi) is 10.7. The van der Waals surface area contributed by atoms with Gasteiger partial charge in [0.05, 0.1) is 0 Å². The smallest absolute Gasteiger partial charge is 0.317 e. The molecule has 0 spiro atoms. The van der Waals surface area contributed by atoms with Crippen LogP contribution in [0.3, 0.4) is 0 Å². The van der Waals surface area contributed by atoms with Gasteiger partial charge >= 0.3 is 7.82 Å². The van der Waals surface area contributed by atoms with E-state index in [2.05, 4.69) is 23.8 Å². The van der Waals surface area contributed by atoms with Gasteiger partial charge in [0.15, 0.2) is 0 Å². The van der Waals surface area contributed by atoms with Gasteiger partial charge in [0, 0.05) is 29.9 Å². The minimum Gasteiger partial charge on any atom is -0.746 e. The van der Waals surface area contributed by atoms with Gasteiger partial charge in [0.1, 0.15) is 18.1 Å². The second-order valence-corrected chi connectivity index (χ2v) is 12.6. The Hall–Kier alpha value is -4.74. The third kappa shape index (κ3) is 8.29. The first-order chi connectivity index (χ1) is 22.2. The topological polar surface area (TPSA) is 99.5 Å². The van der Waals surface area contributed by atoms with Crippen molar-refractivity contribution in [2.45, 2.75) is 38.5 Å². The number of rotatable bonds is 9. The standard InChI is InChI=1S/C35H33O4P.C4H6N2/c1-25(2)30-23-31(33(26-15-7-3-8-16-26)27-17-9-4-10-18-27)35(39-40(36,37)38)32(24-30)34(28-19-11-5-12-20-28)29-21-13-6-14-22-29;1-4-5-2-3-6-4/h3-25,33-34H,1-2H3,(H2,36,37,38);2-3H,1H3,(H,5,6). The van der Waals surface area contributed by atoms with Crippen LogP contribution in [-0.2, 0) is 4.57 Å². The Labute approximate surface area is 271 Å². The molecular weight excluding hydrogens is 591 g/mol. The van der Waals surface area contributed by atoms with Gasteiger partial charge in [-0.2, -0.15) is 0 Å². The third-order valence-corrected chi connectivity index (χ3v) is 8.29. The van der Waals surface area contributed by atoms with Crippen LogP contribution in [0.25, 0.3) is 0 Å². The van der Waals surface area contributed by atoms with E-state index in [0.29, 0.717) is 11.1 Å². The van der Waals surface area contributed by atoms with Crippen LogP contribution in [0.1, 0.15) is 76.4 Å². The lowest BCUT2D eigenvalue weighted by molar-refractivity contribution is -0.385. The Bertz CT molecular complexity index is 1660. The van der Waals surface area contributed by atoms with Crippen LogP contribution < -0.4 is 14.4 Å². The van der Waals surface area contributed by atoms with Gasteiger partial charge in [-0.15, -0.1) is 0 Å². The van der Waals surface area contributed by atoms with Gasteiger partial charge < -0.3 is 14.3 Å². The highest BCUT2D eigenvalue weighted by Crippen LogP contribution is 2.49. The molecule has 0 aliphatic heterocycles. The number of benzene rings is 5. The van der Waals surface area contributed by atoms with Crippen molar-refractivity contribution in [3.05, 3.63) is 191 Å². The van der Waals surface area contributed by atoms with Crippen LogP contribution >= 0.6 is 7.82 Å². The molecule has 0 bridgehead atoms. The summed E-state index contributed by atoms with van der Waals surface area (Å²) in [6.45, 7) is 6.21. The van der Waals surface area contributed by atoms with E-state index in [1.54, 1.807) is 0 Å². The zero-order valence-electron chi connectivity index (χ0n) is 26.2. The quantitative estimate of drug-likeness (QED) is 0.124. The SMILES string of the molecule is CC(C)c1cc(C(c2ccccc2)c2ccccc2)c(OP(=O)([O-])O)c(C(c2ccccc2)c2ccccc2)c1.Cc1[nH]cc[nH+]1. The molecule has 0 aliphatic carbocycles. The minimum absolute atomic E-state index is 0.152. The molecule has 6 nitrogen and oxygen atoms in total. The van der Waals surface area contributed by atoms with Crippen molar-refractivity contribution in [1.82, 2.24) is 4.98 Å². The van der Waals surface area contributed by atoms with Gasteiger partial charge in [0.25, 0.3) is 0 Å². The molecule has 0 saturated heterocycles. The molecule has 6 aromatic rings. The molecule has 1 aromatic heterocycles. The van der Waals surface area contributed by atoms with Crippen molar-refractivity contribution in [2.75, 3.05) is 0 Å². The molecule has 0 fully saturated rings. The maximum atomic E-state index is 12.5. The Morgan fingerprint density at radius 1 is 0.674 bits per heavy atom. The average molecular weight is 631 g/mol. The summed E-state index contributed by atoms with van der Waals surface area (Å²) in [5, 5.41) is 0. The van der Waals surface area contributed by atoms with E-state index in [1.165, 1.54) is 0 Å². The molecule has 6 rings (SSSR count). The first-order valence-corrected chi connectivity index (χ1v) is 16.8. The monoisotopic (exact) mass is 630 g/mol. The zero-order chi connectivity index (χ0) is 32.5. The number of hydrogen-bond donors (Lipinski definition) is 2. The van der Waals surface area contributed by atoms with E-state index in [-0.39, 0.29) is 23.5 Å². The Balaban J connectivity index is 0.000000624. The van der Waals surface area contributed by atoms with E-state index in [9.17, 15) is 14.4 Å². The molecule has 46 heavy (non-hydrogen) atoms. The lowest BCUT2D eigenvalue weighted by Crippen LogP contribution is -2.15. The summed E-state index contributed by atoms with van der Waals surface area (Å²) in [6, 6.07) is 43.9. The fourth-order valence-electron chi connectivity index (χ4n) is 5.74. The van der Waals surface area contributed by atoms with Crippen LogP contribution in [0.2, 0.25) is 0 Å². The van der Waals surface area contributed by atoms with E-state index in [0.717, 1.165) is 33.6 Å². The summed E-state index contributed by atoms with van der Waals surface area (Å²) in [4.78, 5) is 28.5. The van der Waals surface area contributed by atoms with Crippen molar-refractivity contribution < 1.29 is 23.9 Å². The second kappa shape index (κ2) is 15.0. The van der Waals surface area contributed by atoms with Crippen LogP contribution in [0.5, 0.6) is 5.75 Å². The largest absolute Gasteiger partial charge is 0.746 e. The average Bonchev–Trinajstić information content (AvgIpc) is 3.55. The molecule has 3 N–H and O–H groups in total. The number of phosphoric ester groups is 1. The molecule has 5 aromatic carbocycles. The molecule has 1 unspecified atom stereocenters. The number of phosphoric acid groups is 1. The van der Waals surface area contributed by atoms with Crippen molar-refractivity contribution >= 4 is 7.82 Å². The molecule has 0 aliphatic rings. The van der Waals surface area contributed by atoms with Gasteiger partial charge in [-0.1, -0.05) is 147 Å². The van der Waals surface area contributed by atoms with E-state index in [1.807, 2.05) is 153 Å².